The third-order valence-electron chi connectivity index (χ3n) is 3.44. The summed E-state index contributed by atoms with van der Waals surface area (Å²) in [6.07, 6.45) is 1.61. The maximum absolute atomic E-state index is 12.3. The van der Waals surface area contributed by atoms with Gasteiger partial charge in [0.1, 0.15) is 0 Å². The number of amides is 1. The van der Waals surface area contributed by atoms with E-state index in [9.17, 15) is 13.2 Å². The molecule has 3 N–H and O–H groups in total. The second-order valence-electron chi connectivity index (χ2n) is 5.20. The van der Waals surface area contributed by atoms with Crippen molar-refractivity contribution >= 4 is 15.9 Å². The largest absolute Gasteiger partial charge is 0.352 e. The molecule has 116 valence electrons. The van der Waals surface area contributed by atoms with Gasteiger partial charge in [-0.3, -0.25) is 4.79 Å². The van der Waals surface area contributed by atoms with Crippen molar-refractivity contribution < 1.29 is 13.2 Å². The number of sulfonamides is 1. The number of hydrogen-bond acceptors (Lipinski definition) is 4. The number of piperidine rings is 1. The lowest BCUT2D eigenvalue weighted by Gasteiger charge is -2.23. The van der Waals surface area contributed by atoms with Gasteiger partial charge in [0.05, 0.1) is 4.90 Å². The van der Waals surface area contributed by atoms with Gasteiger partial charge in [-0.2, -0.15) is 0 Å². The zero-order chi connectivity index (χ0) is 15.3. The highest BCUT2D eigenvalue weighted by Gasteiger charge is 2.21. The van der Waals surface area contributed by atoms with Crippen molar-refractivity contribution in [2.24, 2.45) is 0 Å². The Morgan fingerprint density at radius 2 is 1.86 bits per heavy atom. The van der Waals surface area contributed by atoms with Crippen LogP contribution in [0, 0.1) is 0 Å². The highest BCUT2D eigenvalue weighted by molar-refractivity contribution is 7.89. The molecular formula is C14H21N3O3S. The minimum Gasteiger partial charge on any atom is -0.352 e. The Labute approximate surface area is 125 Å². The molecule has 0 spiro atoms. The fourth-order valence-electron chi connectivity index (χ4n) is 2.24. The van der Waals surface area contributed by atoms with Crippen molar-refractivity contribution in [1.29, 1.82) is 0 Å². The summed E-state index contributed by atoms with van der Waals surface area (Å²) in [5.74, 6) is -0.112. The Morgan fingerprint density at radius 1 is 1.24 bits per heavy atom. The van der Waals surface area contributed by atoms with Crippen LogP contribution in [-0.2, 0) is 21.4 Å². The molecule has 1 fully saturated rings. The Bertz CT molecular complexity index is 578. The third kappa shape index (κ3) is 4.80. The van der Waals surface area contributed by atoms with Crippen LogP contribution in [0.3, 0.4) is 0 Å². The van der Waals surface area contributed by atoms with E-state index in [1.807, 2.05) is 0 Å². The first kappa shape index (κ1) is 15.9. The van der Waals surface area contributed by atoms with Crippen molar-refractivity contribution in [2.45, 2.75) is 37.2 Å². The quantitative estimate of drug-likeness (QED) is 0.732. The van der Waals surface area contributed by atoms with E-state index in [1.54, 1.807) is 24.3 Å². The van der Waals surface area contributed by atoms with E-state index < -0.39 is 10.0 Å². The molecule has 1 aromatic carbocycles. The number of carbonyl (C=O) groups is 1. The first-order chi connectivity index (χ1) is 9.97. The molecule has 1 aliphatic heterocycles. The molecule has 1 heterocycles. The first-order valence-electron chi connectivity index (χ1n) is 7.04. The summed E-state index contributed by atoms with van der Waals surface area (Å²) in [5, 5.41) is 5.88. The van der Waals surface area contributed by atoms with Crippen LogP contribution in [0.1, 0.15) is 25.3 Å². The normalized spacial score (nSPS) is 16.6. The van der Waals surface area contributed by atoms with Gasteiger partial charge in [-0.25, -0.2) is 13.1 Å². The second kappa shape index (κ2) is 7.02. The molecule has 0 saturated carbocycles. The smallest absolute Gasteiger partial charge is 0.240 e. The van der Waals surface area contributed by atoms with E-state index in [-0.39, 0.29) is 16.8 Å². The van der Waals surface area contributed by atoms with E-state index in [4.69, 9.17) is 0 Å². The predicted molar refractivity (Wildman–Crippen MR) is 80.2 cm³/mol. The molecule has 0 atom stereocenters. The average molecular weight is 311 g/mol. The molecule has 0 unspecified atom stereocenters. The Kier molecular flexibility index (Phi) is 5.33. The molecule has 0 aromatic heterocycles. The lowest BCUT2D eigenvalue weighted by Crippen LogP contribution is -2.42. The van der Waals surface area contributed by atoms with Crippen LogP contribution in [0.4, 0.5) is 0 Å². The van der Waals surface area contributed by atoms with Crippen LogP contribution in [-0.4, -0.2) is 33.5 Å². The Morgan fingerprint density at radius 3 is 2.43 bits per heavy atom. The molecule has 1 aliphatic rings. The van der Waals surface area contributed by atoms with E-state index in [0.29, 0.717) is 6.54 Å². The summed E-state index contributed by atoms with van der Waals surface area (Å²) in [6, 6.07) is 6.57. The molecule has 2 rings (SSSR count). The molecule has 6 nitrogen and oxygen atoms in total. The number of benzene rings is 1. The van der Waals surface area contributed by atoms with Gasteiger partial charge in [0.15, 0.2) is 0 Å². The lowest BCUT2D eigenvalue weighted by atomic mass is 10.1. The van der Waals surface area contributed by atoms with Gasteiger partial charge >= 0.3 is 0 Å². The molecule has 1 saturated heterocycles. The summed E-state index contributed by atoms with van der Waals surface area (Å²) in [5.41, 5.74) is 0.867. The van der Waals surface area contributed by atoms with Crippen molar-refractivity contribution in [1.82, 2.24) is 15.4 Å². The van der Waals surface area contributed by atoms with Crippen LogP contribution < -0.4 is 15.4 Å². The standard InChI is InChI=1S/C14H21N3O3S/c1-11(18)16-10-12-2-4-14(5-3-12)21(19,20)17-13-6-8-15-9-7-13/h2-5,13,15,17H,6-10H2,1H3,(H,16,18). The minimum absolute atomic E-state index is 0.00435. The minimum atomic E-state index is -3.47. The highest BCUT2D eigenvalue weighted by Crippen LogP contribution is 2.13. The van der Waals surface area contributed by atoms with Crippen molar-refractivity contribution in [2.75, 3.05) is 13.1 Å². The molecular weight excluding hydrogens is 290 g/mol. The topological polar surface area (TPSA) is 87.3 Å². The fraction of sp³-hybridized carbons (Fsp3) is 0.500. The first-order valence-corrected chi connectivity index (χ1v) is 8.52. The van der Waals surface area contributed by atoms with Crippen LogP contribution in [0.5, 0.6) is 0 Å². The second-order valence-corrected chi connectivity index (χ2v) is 6.91. The molecule has 1 aromatic rings. The van der Waals surface area contributed by atoms with E-state index in [0.717, 1.165) is 31.5 Å². The van der Waals surface area contributed by atoms with Crippen LogP contribution >= 0.6 is 0 Å². The zero-order valence-electron chi connectivity index (χ0n) is 12.1. The van der Waals surface area contributed by atoms with E-state index >= 15 is 0 Å². The monoisotopic (exact) mass is 311 g/mol. The van der Waals surface area contributed by atoms with Gasteiger partial charge < -0.3 is 10.6 Å². The van der Waals surface area contributed by atoms with Crippen molar-refractivity contribution in [3.8, 4) is 0 Å². The van der Waals surface area contributed by atoms with Crippen molar-refractivity contribution in [3.05, 3.63) is 29.8 Å². The summed E-state index contributed by atoms with van der Waals surface area (Å²) in [7, 11) is -3.47. The van der Waals surface area contributed by atoms with Crippen LogP contribution in [0.2, 0.25) is 0 Å². The molecule has 0 aliphatic carbocycles. The molecule has 0 radical (unpaired) electrons. The zero-order valence-corrected chi connectivity index (χ0v) is 12.9. The Hall–Kier alpha value is -1.44. The molecule has 1 amide bonds. The fourth-order valence-corrected chi connectivity index (χ4v) is 3.55. The van der Waals surface area contributed by atoms with Gasteiger partial charge in [-0.1, -0.05) is 12.1 Å². The summed E-state index contributed by atoms with van der Waals surface area (Å²) < 4.78 is 27.3. The van der Waals surface area contributed by atoms with E-state index in [2.05, 4.69) is 15.4 Å². The summed E-state index contributed by atoms with van der Waals surface area (Å²) >= 11 is 0. The molecule has 7 heteroatoms. The lowest BCUT2D eigenvalue weighted by molar-refractivity contribution is -0.119. The van der Waals surface area contributed by atoms with Gasteiger partial charge in [-0.15, -0.1) is 0 Å². The number of nitrogens with one attached hydrogen (secondary N) is 3. The van der Waals surface area contributed by atoms with Gasteiger partial charge in [0.2, 0.25) is 15.9 Å². The Balaban J connectivity index is 2.00. The number of hydrogen-bond donors (Lipinski definition) is 3. The summed E-state index contributed by atoms with van der Waals surface area (Å²) in [4.78, 5) is 11.1. The summed E-state index contributed by atoms with van der Waals surface area (Å²) in [6.45, 7) is 3.52. The van der Waals surface area contributed by atoms with E-state index in [1.165, 1.54) is 6.92 Å². The molecule has 0 bridgehead atoms. The predicted octanol–water partition coefficient (Wildman–Crippen LogP) is 0.353. The SMILES string of the molecule is CC(=O)NCc1ccc(S(=O)(=O)NC2CCNCC2)cc1. The third-order valence-corrected chi connectivity index (χ3v) is 4.97. The number of carbonyl (C=O) groups excluding carboxylic acids is 1. The molecule has 21 heavy (non-hydrogen) atoms. The maximum atomic E-state index is 12.3. The number of rotatable bonds is 5. The van der Waals surface area contributed by atoms with Gasteiger partial charge in [-0.05, 0) is 43.6 Å². The van der Waals surface area contributed by atoms with Crippen LogP contribution in [0.15, 0.2) is 29.2 Å². The van der Waals surface area contributed by atoms with Gasteiger partial charge in [0, 0.05) is 19.5 Å². The van der Waals surface area contributed by atoms with Crippen LogP contribution in [0.25, 0.3) is 0 Å². The average Bonchev–Trinajstić information content (AvgIpc) is 2.46. The van der Waals surface area contributed by atoms with Gasteiger partial charge in [0.25, 0.3) is 0 Å². The maximum Gasteiger partial charge on any atom is 0.240 e. The van der Waals surface area contributed by atoms with Crippen molar-refractivity contribution in [3.63, 3.8) is 0 Å². The highest BCUT2D eigenvalue weighted by atomic mass is 32.2.